The van der Waals surface area contributed by atoms with Crippen molar-refractivity contribution in [2.45, 2.75) is 0 Å². The summed E-state index contributed by atoms with van der Waals surface area (Å²) in [5, 5.41) is 11.1. The van der Waals surface area contributed by atoms with Gasteiger partial charge in [0.15, 0.2) is 5.58 Å². The third-order valence-corrected chi connectivity index (χ3v) is 3.77. The number of nitro benzene ring substituents is 1. The molecular formula is C19H12N4O3. The van der Waals surface area contributed by atoms with E-state index in [4.69, 9.17) is 4.42 Å². The Hall–Kier alpha value is -3.87. The minimum absolute atomic E-state index is 0.0117. The van der Waals surface area contributed by atoms with E-state index in [0.29, 0.717) is 28.2 Å². The van der Waals surface area contributed by atoms with E-state index in [9.17, 15) is 10.1 Å². The van der Waals surface area contributed by atoms with Gasteiger partial charge in [0.25, 0.3) is 5.69 Å². The lowest BCUT2D eigenvalue weighted by atomic mass is 10.2. The Morgan fingerprint density at radius 3 is 2.81 bits per heavy atom. The third-order valence-electron chi connectivity index (χ3n) is 3.77. The van der Waals surface area contributed by atoms with Crippen LogP contribution in [-0.2, 0) is 0 Å². The molecule has 0 aliphatic carbocycles. The van der Waals surface area contributed by atoms with Crippen LogP contribution in [0.3, 0.4) is 0 Å². The quantitative estimate of drug-likeness (QED) is 0.307. The van der Waals surface area contributed by atoms with Gasteiger partial charge in [-0.05, 0) is 36.4 Å². The molecule has 0 radical (unpaired) electrons. The summed E-state index contributed by atoms with van der Waals surface area (Å²) in [7, 11) is 0. The molecule has 0 aliphatic heterocycles. The van der Waals surface area contributed by atoms with Gasteiger partial charge in [-0.3, -0.25) is 20.1 Å². The average Bonchev–Trinajstić information content (AvgIpc) is 3.10. The normalized spacial score (nSPS) is 11.2. The van der Waals surface area contributed by atoms with Gasteiger partial charge in [-0.2, -0.15) is 0 Å². The Labute approximate surface area is 147 Å². The maximum atomic E-state index is 11.1. The Balaban J connectivity index is 1.67. The fourth-order valence-electron chi connectivity index (χ4n) is 2.52. The van der Waals surface area contributed by atoms with Gasteiger partial charge in [-0.1, -0.05) is 12.1 Å². The molecule has 2 heterocycles. The first-order valence-electron chi connectivity index (χ1n) is 7.79. The second kappa shape index (κ2) is 6.56. The Bertz CT molecular complexity index is 1120. The molecule has 7 heteroatoms. The zero-order valence-electron chi connectivity index (χ0n) is 13.4. The summed E-state index contributed by atoms with van der Waals surface area (Å²) in [4.78, 5) is 23.5. The molecule has 2 aromatic heterocycles. The van der Waals surface area contributed by atoms with Crippen molar-refractivity contribution in [2.24, 2.45) is 4.99 Å². The van der Waals surface area contributed by atoms with Gasteiger partial charge >= 0.3 is 0 Å². The summed E-state index contributed by atoms with van der Waals surface area (Å²) >= 11 is 0. The lowest BCUT2D eigenvalue weighted by Crippen LogP contribution is -1.93. The van der Waals surface area contributed by atoms with Crippen molar-refractivity contribution in [3.05, 3.63) is 82.7 Å². The number of hydrogen-bond acceptors (Lipinski definition) is 6. The first-order chi connectivity index (χ1) is 12.7. The molecule has 0 saturated carbocycles. The molecule has 0 spiro atoms. The van der Waals surface area contributed by atoms with Crippen molar-refractivity contribution in [1.82, 2.24) is 9.97 Å². The number of hydrogen-bond donors (Lipinski definition) is 0. The maximum Gasteiger partial charge on any atom is 0.278 e. The van der Waals surface area contributed by atoms with E-state index in [-0.39, 0.29) is 5.69 Å². The number of pyridine rings is 1. The molecule has 7 nitrogen and oxygen atoms in total. The number of rotatable bonds is 4. The maximum absolute atomic E-state index is 11.1. The van der Waals surface area contributed by atoms with E-state index in [2.05, 4.69) is 15.0 Å². The number of aliphatic imine (C=N–C) groups is 1. The first kappa shape index (κ1) is 15.6. The van der Waals surface area contributed by atoms with Crippen molar-refractivity contribution >= 4 is 28.7 Å². The van der Waals surface area contributed by atoms with E-state index in [1.807, 2.05) is 12.1 Å². The van der Waals surface area contributed by atoms with Crippen LogP contribution in [0.25, 0.3) is 22.6 Å². The summed E-state index contributed by atoms with van der Waals surface area (Å²) < 4.78 is 5.73. The smallest absolute Gasteiger partial charge is 0.278 e. The van der Waals surface area contributed by atoms with E-state index in [0.717, 1.165) is 5.56 Å². The van der Waals surface area contributed by atoms with Crippen molar-refractivity contribution in [1.29, 1.82) is 0 Å². The number of oxazole rings is 1. The van der Waals surface area contributed by atoms with Crippen LogP contribution in [0.15, 0.2) is 76.4 Å². The van der Waals surface area contributed by atoms with Crippen LogP contribution in [0.2, 0.25) is 0 Å². The molecular weight excluding hydrogens is 332 g/mol. The molecule has 0 amide bonds. The largest absolute Gasteiger partial charge is 0.436 e. The Morgan fingerprint density at radius 1 is 1.12 bits per heavy atom. The van der Waals surface area contributed by atoms with Crippen LogP contribution < -0.4 is 0 Å². The highest BCUT2D eigenvalue weighted by Crippen LogP contribution is 2.27. The first-order valence-corrected chi connectivity index (χ1v) is 7.79. The van der Waals surface area contributed by atoms with E-state index in [1.165, 1.54) is 12.3 Å². The van der Waals surface area contributed by atoms with Crippen LogP contribution in [0.4, 0.5) is 11.4 Å². The van der Waals surface area contributed by atoms with E-state index >= 15 is 0 Å². The molecule has 4 aromatic rings. The lowest BCUT2D eigenvalue weighted by Gasteiger charge is -1.96. The van der Waals surface area contributed by atoms with Crippen LogP contribution in [-0.4, -0.2) is 21.1 Å². The molecule has 0 unspecified atom stereocenters. The van der Waals surface area contributed by atoms with Gasteiger partial charge in [0.2, 0.25) is 5.89 Å². The number of aromatic nitrogens is 2. The van der Waals surface area contributed by atoms with Gasteiger partial charge in [0, 0.05) is 24.7 Å². The summed E-state index contributed by atoms with van der Waals surface area (Å²) in [6.45, 7) is 0. The zero-order chi connectivity index (χ0) is 17.9. The molecule has 0 aliphatic rings. The standard InChI is InChI=1S/C19H12N4O3/c24-23(25)17-6-2-1-4-13(17)12-21-15-7-8-18-16(10-15)22-19(26-18)14-5-3-9-20-11-14/h1-12H. The number of benzene rings is 2. The number of nitro groups is 1. The summed E-state index contributed by atoms with van der Waals surface area (Å²) in [5.74, 6) is 0.480. The minimum atomic E-state index is -0.428. The topological polar surface area (TPSA) is 94.4 Å². The number of nitrogens with zero attached hydrogens (tertiary/aromatic N) is 4. The van der Waals surface area contributed by atoms with Gasteiger partial charge in [0.1, 0.15) is 5.52 Å². The summed E-state index contributed by atoms with van der Waals surface area (Å²) in [5.41, 5.74) is 3.15. The van der Waals surface area contributed by atoms with Gasteiger partial charge in [-0.15, -0.1) is 0 Å². The van der Waals surface area contributed by atoms with Crippen LogP contribution >= 0.6 is 0 Å². The fourth-order valence-corrected chi connectivity index (χ4v) is 2.52. The molecule has 26 heavy (non-hydrogen) atoms. The summed E-state index contributed by atoms with van der Waals surface area (Å²) in [6, 6.07) is 15.4. The average molecular weight is 344 g/mol. The van der Waals surface area contributed by atoms with Crippen molar-refractivity contribution in [3.8, 4) is 11.5 Å². The Kier molecular flexibility index (Phi) is 3.95. The SMILES string of the molecule is O=[N+]([O-])c1ccccc1C=Nc1ccc2oc(-c3cccnc3)nc2c1. The number of para-hydroxylation sites is 1. The highest BCUT2D eigenvalue weighted by molar-refractivity contribution is 5.88. The van der Waals surface area contributed by atoms with Crippen LogP contribution in [0.5, 0.6) is 0 Å². The molecule has 0 atom stereocenters. The second-order valence-corrected chi connectivity index (χ2v) is 5.49. The van der Waals surface area contributed by atoms with Gasteiger partial charge < -0.3 is 4.42 Å². The molecule has 2 aromatic carbocycles. The molecule has 0 bridgehead atoms. The molecule has 0 fully saturated rings. The van der Waals surface area contributed by atoms with Crippen molar-refractivity contribution in [3.63, 3.8) is 0 Å². The number of fused-ring (bicyclic) bond motifs is 1. The minimum Gasteiger partial charge on any atom is -0.436 e. The van der Waals surface area contributed by atoms with Gasteiger partial charge in [0.05, 0.1) is 21.7 Å². The zero-order valence-corrected chi connectivity index (χ0v) is 13.4. The summed E-state index contributed by atoms with van der Waals surface area (Å²) in [6.07, 6.45) is 4.83. The van der Waals surface area contributed by atoms with E-state index < -0.39 is 4.92 Å². The molecule has 0 N–H and O–H groups in total. The predicted molar refractivity (Wildman–Crippen MR) is 97.6 cm³/mol. The molecule has 4 rings (SSSR count). The highest BCUT2D eigenvalue weighted by Gasteiger charge is 2.11. The Morgan fingerprint density at radius 2 is 2.00 bits per heavy atom. The predicted octanol–water partition coefficient (Wildman–Crippen LogP) is 4.55. The fraction of sp³-hybridized carbons (Fsp3) is 0. The second-order valence-electron chi connectivity index (χ2n) is 5.49. The molecule has 0 saturated heterocycles. The van der Waals surface area contributed by atoms with E-state index in [1.54, 1.807) is 48.8 Å². The van der Waals surface area contributed by atoms with Crippen LogP contribution in [0.1, 0.15) is 5.56 Å². The lowest BCUT2D eigenvalue weighted by molar-refractivity contribution is -0.385. The van der Waals surface area contributed by atoms with Crippen LogP contribution in [0, 0.1) is 10.1 Å². The van der Waals surface area contributed by atoms with Crippen molar-refractivity contribution < 1.29 is 9.34 Å². The molecule has 126 valence electrons. The monoisotopic (exact) mass is 344 g/mol. The third kappa shape index (κ3) is 3.05. The van der Waals surface area contributed by atoms with Gasteiger partial charge in [-0.25, -0.2) is 4.98 Å². The highest BCUT2D eigenvalue weighted by atomic mass is 16.6. The van der Waals surface area contributed by atoms with Crippen molar-refractivity contribution in [2.75, 3.05) is 0 Å².